The molecule has 1 aliphatic carbocycles. The zero-order valence-corrected chi connectivity index (χ0v) is 11.2. The van der Waals surface area contributed by atoms with Crippen molar-refractivity contribution in [1.29, 1.82) is 0 Å². The summed E-state index contributed by atoms with van der Waals surface area (Å²) in [7, 11) is 0. The van der Waals surface area contributed by atoms with Gasteiger partial charge in [0, 0.05) is 5.92 Å². The molecule has 0 bridgehead atoms. The van der Waals surface area contributed by atoms with Crippen LogP contribution in [-0.4, -0.2) is 15.0 Å². The number of aryl methyl sites for hydroxylation is 1. The molecule has 0 unspecified atom stereocenters. The Morgan fingerprint density at radius 1 is 1.28 bits per heavy atom. The lowest BCUT2D eigenvalue weighted by molar-refractivity contribution is 0.619. The van der Waals surface area contributed by atoms with E-state index in [9.17, 15) is 0 Å². The Morgan fingerprint density at radius 2 is 2.00 bits per heavy atom. The van der Waals surface area contributed by atoms with E-state index < -0.39 is 0 Å². The summed E-state index contributed by atoms with van der Waals surface area (Å²) in [4.78, 5) is 0. The van der Waals surface area contributed by atoms with Crippen LogP contribution in [0.3, 0.4) is 0 Å². The summed E-state index contributed by atoms with van der Waals surface area (Å²) in [6.45, 7) is 2.89. The molecule has 94 valence electrons. The van der Waals surface area contributed by atoms with Gasteiger partial charge in [0.05, 0.1) is 18.1 Å². The molecule has 0 aliphatic heterocycles. The third-order valence-electron chi connectivity index (χ3n) is 3.39. The highest BCUT2D eigenvalue weighted by atomic mass is 35.5. The van der Waals surface area contributed by atoms with E-state index in [1.165, 1.54) is 29.7 Å². The van der Waals surface area contributed by atoms with Gasteiger partial charge in [0.1, 0.15) is 5.69 Å². The van der Waals surface area contributed by atoms with Crippen LogP contribution in [0, 0.1) is 6.92 Å². The highest BCUT2D eigenvalue weighted by Crippen LogP contribution is 2.41. The Labute approximate surface area is 112 Å². The maximum absolute atomic E-state index is 5.93. The van der Waals surface area contributed by atoms with Crippen LogP contribution < -0.4 is 0 Å². The molecule has 1 aromatic heterocycles. The number of aromatic nitrogens is 3. The largest absolute Gasteiger partial charge is 0.244 e. The van der Waals surface area contributed by atoms with Gasteiger partial charge in [-0.25, -0.2) is 4.68 Å². The fourth-order valence-electron chi connectivity index (χ4n) is 2.24. The first-order chi connectivity index (χ1) is 8.78. The number of halogens is 1. The van der Waals surface area contributed by atoms with Crippen molar-refractivity contribution in [1.82, 2.24) is 15.0 Å². The van der Waals surface area contributed by atoms with Crippen molar-refractivity contribution in [2.24, 2.45) is 0 Å². The van der Waals surface area contributed by atoms with Crippen molar-refractivity contribution in [3.8, 4) is 0 Å². The van der Waals surface area contributed by atoms with Crippen LogP contribution in [-0.2, 0) is 12.4 Å². The molecule has 18 heavy (non-hydrogen) atoms. The number of benzene rings is 1. The second-order valence-corrected chi connectivity index (χ2v) is 5.24. The first kappa shape index (κ1) is 11.7. The smallest absolute Gasteiger partial charge is 0.101 e. The van der Waals surface area contributed by atoms with Gasteiger partial charge in [0.2, 0.25) is 0 Å². The van der Waals surface area contributed by atoms with Gasteiger partial charge in [0.25, 0.3) is 0 Å². The number of hydrogen-bond donors (Lipinski definition) is 0. The Kier molecular flexibility index (Phi) is 3.08. The molecule has 1 aromatic carbocycles. The molecule has 3 rings (SSSR count). The summed E-state index contributed by atoms with van der Waals surface area (Å²) in [5, 5.41) is 8.44. The van der Waals surface area contributed by atoms with Crippen LogP contribution in [0.1, 0.15) is 41.3 Å². The van der Waals surface area contributed by atoms with Crippen molar-refractivity contribution in [2.75, 3.05) is 0 Å². The molecule has 4 heteroatoms. The van der Waals surface area contributed by atoms with E-state index in [0.29, 0.717) is 11.8 Å². The third-order valence-corrected chi connectivity index (χ3v) is 3.64. The van der Waals surface area contributed by atoms with Crippen molar-refractivity contribution >= 4 is 11.6 Å². The fraction of sp³-hybridized carbons (Fsp3) is 0.429. The second kappa shape index (κ2) is 4.73. The molecule has 0 atom stereocenters. The van der Waals surface area contributed by atoms with Crippen molar-refractivity contribution in [2.45, 2.75) is 38.1 Å². The molecule has 3 nitrogen and oxygen atoms in total. The quantitative estimate of drug-likeness (QED) is 0.791. The zero-order chi connectivity index (χ0) is 12.5. The molecule has 1 heterocycles. The van der Waals surface area contributed by atoms with Crippen LogP contribution in [0.15, 0.2) is 24.3 Å². The SMILES string of the molecule is Cc1ccc(Cn2nnc(CCl)c2C2CC2)cc1. The summed E-state index contributed by atoms with van der Waals surface area (Å²) < 4.78 is 2.01. The molecule has 0 N–H and O–H groups in total. The molecule has 2 aromatic rings. The van der Waals surface area contributed by atoms with Gasteiger partial charge in [0.15, 0.2) is 0 Å². The van der Waals surface area contributed by atoms with Crippen LogP contribution >= 0.6 is 11.6 Å². The highest BCUT2D eigenvalue weighted by molar-refractivity contribution is 6.16. The van der Waals surface area contributed by atoms with Crippen molar-refractivity contribution in [3.05, 3.63) is 46.8 Å². The lowest BCUT2D eigenvalue weighted by atomic mass is 10.1. The maximum atomic E-state index is 5.93. The summed E-state index contributed by atoms with van der Waals surface area (Å²) >= 11 is 5.93. The molecule has 0 saturated heterocycles. The second-order valence-electron chi connectivity index (χ2n) is 4.97. The minimum atomic E-state index is 0.458. The summed E-state index contributed by atoms with van der Waals surface area (Å²) in [6.07, 6.45) is 2.48. The number of hydrogen-bond acceptors (Lipinski definition) is 2. The summed E-state index contributed by atoms with van der Waals surface area (Å²) in [6, 6.07) is 8.55. The van der Waals surface area contributed by atoms with Crippen LogP contribution in [0.4, 0.5) is 0 Å². The Balaban J connectivity index is 1.88. The number of rotatable bonds is 4. The van der Waals surface area contributed by atoms with E-state index in [1.54, 1.807) is 0 Å². The predicted molar refractivity (Wildman–Crippen MR) is 71.8 cm³/mol. The van der Waals surface area contributed by atoms with Gasteiger partial charge in [-0.3, -0.25) is 0 Å². The molecule has 0 amide bonds. The zero-order valence-electron chi connectivity index (χ0n) is 10.4. The summed E-state index contributed by atoms with van der Waals surface area (Å²) in [5.74, 6) is 1.08. The summed E-state index contributed by atoms with van der Waals surface area (Å²) in [5.41, 5.74) is 4.73. The van der Waals surface area contributed by atoms with Gasteiger partial charge in [-0.05, 0) is 25.3 Å². The van der Waals surface area contributed by atoms with Crippen LogP contribution in [0.5, 0.6) is 0 Å². The molecular formula is C14H16ClN3. The van der Waals surface area contributed by atoms with Gasteiger partial charge in [-0.15, -0.1) is 16.7 Å². The first-order valence-corrected chi connectivity index (χ1v) is 6.85. The van der Waals surface area contributed by atoms with Crippen molar-refractivity contribution < 1.29 is 0 Å². The predicted octanol–water partition coefficient (Wildman–Crippen LogP) is 3.25. The van der Waals surface area contributed by atoms with Crippen molar-refractivity contribution in [3.63, 3.8) is 0 Å². The minimum Gasteiger partial charge on any atom is -0.244 e. The van der Waals surface area contributed by atoms with Crippen LogP contribution in [0.25, 0.3) is 0 Å². The molecule has 0 radical (unpaired) electrons. The average molecular weight is 262 g/mol. The van der Waals surface area contributed by atoms with Gasteiger partial charge < -0.3 is 0 Å². The monoisotopic (exact) mass is 261 g/mol. The molecule has 1 saturated carbocycles. The van der Waals surface area contributed by atoms with Crippen LogP contribution in [0.2, 0.25) is 0 Å². The Bertz CT molecular complexity index is 541. The fourth-order valence-corrected chi connectivity index (χ4v) is 2.43. The Hall–Kier alpha value is -1.35. The molecular weight excluding hydrogens is 246 g/mol. The van der Waals surface area contributed by atoms with E-state index in [4.69, 9.17) is 11.6 Å². The normalized spacial score (nSPS) is 15.0. The lowest BCUT2D eigenvalue weighted by Gasteiger charge is -2.06. The van der Waals surface area contributed by atoms with E-state index in [-0.39, 0.29) is 0 Å². The van der Waals surface area contributed by atoms with E-state index in [0.717, 1.165) is 12.2 Å². The topological polar surface area (TPSA) is 30.7 Å². The Morgan fingerprint density at radius 3 is 2.61 bits per heavy atom. The average Bonchev–Trinajstić information content (AvgIpc) is 3.14. The van der Waals surface area contributed by atoms with Gasteiger partial charge >= 0.3 is 0 Å². The van der Waals surface area contributed by atoms with Gasteiger partial charge in [-0.1, -0.05) is 35.0 Å². The first-order valence-electron chi connectivity index (χ1n) is 6.31. The van der Waals surface area contributed by atoms with Gasteiger partial charge in [-0.2, -0.15) is 0 Å². The van der Waals surface area contributed by atoms with E-state index in [2.05, 4.69) is 41.5 Å². The van der Waals surface area contributed by atoms with E-state index >= 15 is 0 Å². The lowest BCUT2D eigenvalue weighted by Crippen LogP contribution is -2.06. The number of alkyl halides is 1. The van der Waals surface area contributed by atoms with E-state index in [1.807, 2.05) is 4.68 Å². The molecule has 0 spiro atoms. The number of nitrogens with zero attached hydrogens (tertiary/aromatic N) is 3. The molecule has 1 fully saturated rings. The minimum absolute atomic E-state index is 0.458. The highest BCUT2D eigenvalue weighted by Gasteiger charge is 2.30. The third kappa shape index (κ3) is 2.27. The standard InChI is InChI=1S/C14H16ClN3/c1-10-2-4-11(5-3-10)9-18-14(12-6-7-12)13(8-15)16-17-18/h2-5,12H,6-9H2,1H3. The molecule has 1 aliphatic rings. The maximum Gasteiger partial charge on any atom is 0.101 e.